The molecule has 2 rings (SSSR count). The standard InChI is InChI=1S/C13H10BrClOS/c1-17(16)13-7-6-9(14)8-11(13)10-4-2-3-5-12(10)15/h2-8H,1H3. The van der Waals surface area contributed by atoms with Gasteiger partial charge in [0.15, 0.2) is 0 Å². The van der Waals surface area contributed by atoms with E-state index in [4.69, 9.17) is 11.6 Å². The first-order valence-corrected chi connectivity index (χ1v) is 7.70. The molecule has 0 fully saturated rings. The average Bonchev–Trinajstić information content (AvgIpc) is 2.29. The van der Waals surface area contributed by atoms with Crippen LogP contribution in [-0.4, -0.2) is 10.5 Å². The summed E-state index contributed by atoms with van der Waals surface area (Å²) in [7, 11) is -1.04. The summed E-state index contributed by atoms with van der Waals surface area (Å²) in [5, 5.41) is 0.664. The Morgan fingerprint density at radius 2 is 1.82 bits per heavy atom. The van der Waals surface area contributed by atoms with Gasteiger partial charge in [-0.15, -0.1) is 0 Å². The maximum absolute atomic E-state index is 11.7. The molecule has 0 aliphatic rings. The van der Waals surface area contributed by atoms with E-state index in [-0.39, 0.29) is 0 Å². The zero-order valence-electron chi connectivity index (χ0n) is 9.11. The number of hydrogen-bond acceptors (Lipinski definition) is 1. The van der Waals surface area contributed by atoms with Gasteiger partial charge in [-0.05, 0) is 24.3 Å². The minimum absolute atomic E-state index is 0.664. The van der Waals surface area contributed by atoms with Gasteiger partial charge in [-0.1, -0.05) is 45.7 Å². The van der Waals surface area contributed by atoms with Crippen molar-refractivity contribution in [1.82, 2.24) is 0 Å². The van der Waals surface area contributed by atoms with E-state index in [1.165, 1.54) is 0 Å². The van der Waals surface area contributed by atoms with Crippen LogP contribution in [0.5, 0.6) is 0 Å². The van der Waals surface area contributed by atoms with Crippen molar-refractivity contribution in [3.63, 3.8) is 0 Å². The first kappa shape index (κ1) is 12.8. The highest BCUT2D eigenvalue weighted by molar-refractivity contribution is 9.10. The van der Waals surface area contributed by atoms with E-state index >= 15 is 0 Å². The summed E-state index contributed by atoms with van der Waals surface area (Å²) < 4.78 is 12.7. The Morgan fingerprint density at radius 1 is 1.12 bits per heavy atom. The second-order valence-corrected chi connectivity index (χ2v) is 6.25. The Morgan fingerprint density at radius 3 is 2.47 bits per heavy atom. The highest BCUT2D eigenvalue weighted by Crippen LogP contribution is 2.33. The monoisotopic (exact) mass is 328 g/mol. The Kier molecular flexibility index (Phi) is 4.02. The molecule has 1 nitrogen and oxygen atoms in total. The summed E-state index contributed by atoms with van der Waals surface area (Å²) in [6.07, 6.45) is 1.67. The van der Waals surface area contributed by atoms with Crippen molar-refractivity contribution >= 4 is 38.3 Å². The number of benzene rings is 2. The fourth-order valence-electron chi connectivity index (χ4n) is 1.64. The van der Waals surface area contributed by atoms with Gasteiger partial charge in [0, 0.05) is 31.8 Å². The van der Waals surface area contributed by atoms with Crippen molar-refractivity contribution in [1.29, 1.82) is 0 Å². The maximum atomic E-state index is 11.7. The molecule has 0 N–H and O–H groups in total. The first-order valence-electron chi connectivity index (χ1n) is 4.97. The molecule has 0 radical (unpaired) electrons. The van der Waals surface area contributed by atoms with Crippen LogP contribution >= 0.6 is 27.5 Å². The molecular formula is C13H10BrClOS. The van der Waals surface area contributed by atoms with E-state index in [0.29, 0.717) is 5.02 Å². The number of rotatable bonds is 2. The predicted molar refractivity (Wildman–Crippen MR) is 76.9 cm³/mol. The van der Waals surface area contributed by atoms with E-state index in [0.717, 1.165) is 20.5 Å². The lowest BCUT2D eigenvalue weighted by atomic mass is 10.1. The van der Waals surface area contributed by atoms with Gasteiger partial charge in [-0.3, -0.25) is 4.21 Å². The summed E-state index contributed by atoms with van der Waals surface area (Å²) in [6, 6.07) is 13.3. The molecule has 0 amide bonds. The smallest absolute Gasteiger partial charge is 0.0504 e. The predicted octanol–water partition coefficient (Wildman–Crippen LogP) is 4.51. The molecule has 17 heavy (non-hydrogen) atoms. The van der Waals surface area contributed by atoms with Gasteiger partial charge in [-0.2, -0.15) is 0 Å². The van der Waals surface area contributed by atoms with Crippen LogP contribution in [0.4, 0.5) is 0 Å². The average molecular weight is 330 g/mol. The Balaban J connectivity index is 2.70. The van der Waals surface area contributed by atoms with Gasteiger partial charge in [0.2, 0.25) is 0 Å². The van der Waals surface area contributed by atoms with Crippen LogP contribution in [0.25, 0.3) is 11.1 Å². The molecule has 4 heteroatoms. The Labute approximate surface area is 116 Å². The van der Waals surface area contributed by atoms with Crippen LogP contribution in [0.2, 0.25) is 5.02 Å². The fraction of sp³-hybridized carbons (Fsp3) is 0.0769. The molecule has 0 aliphatic heterocycles. The van der Waals surface area contributed by atoms with Crippen LogP contribution in [0.1, 0.15) is 0 Å². The summed E-state index contributed by atoms with van der Waals surface area (Å²) in [5.41, 5.74) is 1.81. The summed E-state index contributed by atoms with van der Waals surface area (Å²) >= 11 is 9.60. The van der Waals surface area contributed by atoms with Gasteiger partial charge in [-0.25, -0.2) is 0 Å². The second kappa shape index (κ2) is 5.34. The molecule has 88 valence electrons. The van der Waals surface area contributed by atoms with E-state index in [2.05, 4.69) is 15.9 Å². The van der Waals surface area contributed by atoms with Crippen LogP contribution in [0, 0.1) is 0 Å². The van der Waals surface area contributed by atoms with Crippen molar-refractivity contribution in [3.05, 3.63) is 52.0 Å². The summed E-state index contributed by atoms with van der Waals surface area (Å²) in [6.45, 7) is 0. The third-order valence-corrected chi connectivity index (χ3v) is 4.21. The number of hydrogen-bond donors (Lipinski definition) is 0. The molecule has 2 aromatic carbocycles. The highest BCUT2D eigenvalue weighted by atomic mass is 79.9. The van der Waals surface area contributed by atoms with Crippen LogP contribution in [0.15, 0.2) is 51.8 Å². The molecule has 0 spiro atoms. The third-order valence-electron chi connectivity index (χ3n) is 2.42. The highest BCUT2D eigenvalue weighted by Gasteiger charge is 2.11. The topological polar surface area (TPSA) is 17.1 Å². The molecule has 1 atom stereocenters. The number of halogens is 2. The molecule has 0 aromatic heterocycles. The normalized spacial score (nSPS) is 12.4. The lowest BCUT2D eigenvalue weighted by molar-refractivity contribution is 0.687. The SMILES string of the molecule is CS(=O)c1ccc(Br)cc1-c1ccccc1Cl. The van der Waals surface area contributed by atoms with Crippen molar-refractivity contribution < 1.29 is 4.21 Å². The summed E-state index contributed by atoms with van der Waals surface area (Å²) in [5.74, 6) is 0. The molecule has 0 aliphatic carbocycles. The molecular weight excluding hydrogens is 320 g/mol. The van der Waals surface area contributed by atoms with Crippen LogP contribution < -0.4 is 0 Å². The van der Waals surface area contributed by atoms with E-state index < -0.39 is 10.8 Å². The third kappa shape index (κ3) is 2.79. The Hall–Kier alpha value is -0.640. The Bertz CT molecular complexity index is 583. The maximum Gasteiger partial charge on any atom is 0.0504 e. The molecule has 2 aromatic rings. The quantitative estimate of drug-likeness (QED) is 0.792. The minimum Gasteiger partial charge on any atom is -0.255 e. The lowest BCUT2D eigenvalue weighted by Crippen LogP contribution is -1.92. The van der Waals surface area contributed by atoms with Crippen molar-refractivity contribution in [2.75, 3.05) is 6.26 Å². The lowest BCUT2D eigenvalue weighted by Gasteiger charge is -2.09. The fourth-order valence-corrected chi connectivity index (χ4v) is 2.98. The van der Waals surface area contributed by atoms with Crippen molar-refractivity contribution in [2.45, 2.75) is 4.90 Å². The van der Waals surface area contributed by atoms with Crippen LogP contribution in [-0.2, 0) is 10.8 Å². The zero-order valence-corrected chi connectivity index (χ0v) is 12.3. The van der Waals surface area contributed by atoms with Gasteiger partial charge in [0.1, 0.15) is 0 Å². The van der Waals surface area contributed by atoms with Crippen molar-refractivity contribution in [2.24, 2.45) is 0 Å². The van der Waals surface area contributed by atoms with Gasteiger partial charge in [0.25, 0.3) is 0 Å². The van der Waals surface area contributed by atoms with E-state index in [1.807, 2.05) is 42.5 Å². The molecule has 0 heterocycles. The zero-order chi connectivity index (χ0) is 12.4. The molecule has 0 bridgehead atoms. The van der Waals surface area contributed by atoms with Gasteiger partial charge in [0.05, 0.1) is 10.8 Å². The van der Waals surface area contributed by atoms with Gasteiger partial charge < -0.3 is 0 Å². The van der Waals surface area contributed by atoms with E-state index in [9.17, 15) is 4.21 Å². The second-order valence-electron chi connectivity index (χ2n) is 3.57. The molecule has 0 saturated heterocycles. The first-order chi connectivity index (χ1) is 8.09. The largest absolute Gasteiger partial charge is 0.255 e. The van der Waals surface area contributed by atoms with Crippen molar-refractivity contribution in [3.8, 4) is 11.1 Å². The minimum atomic E-state index is -1.04. The molecule has 0 saturated carbocycles. The van der Waals surface area contributed by atoms with Gasteiger partial charge >= 0.3 is 0 Å². The van der Waals surface area contributed by atoms with Crippen LogP contribution in [0.3, 0.4) is 0 Å². The molecule has 1 unspecified atom stereocenters. The van der Waals surface area contributed by atoms with E-state index in [1.54, 1.807) is 6.26 Å². The summed E-state index contributed by atoms with van der Waals surface area (Å²) in [4.78, 5) is 0.793.